The fourth-order valence-electron chi connectivity index (χ4n) is 3.76. The first-order valence-corrected chi connectivity index (χ1v) is 9.74. The van der Waals surface area contributed by atoms with Crippen LogP contribution in [0.2, 0.25) is 0 Å². The van der Waals surface area contributed by atoms with Gasteiger partial charge in [-0.3, -0.25) is 9.78 Å². The lowest BCUT2D eigenvalue weighted by Crippen LogP contribution is -2.20. The van der Waals surface area contributed by atoms with Gasteiger partial charge in [0.05, 0.1) is 24.2 Å². The number of aliphatic hydroxyl groups excluding tert-OH is 1. The molecule has 0 bridgehead atoms. The SMILES string of the molecule is Cc1ccc2nc(Cn3ccc4c(-c5ccc(CO)cc5)cncc4c3=O)cn2c1. The van der Waals surface area contributed by atoms with E-state index in [1.807, 2.05) is 72.4 Å². The molecule has 0 radical (unpaired) electrons. The van der Waals surface area contributed by atoms with Crippen LogP contribution in [0.4, 0.5) is 0 Å². The van der Waals surface area contributed by atoms with Gasteiger partial charge in [-0.1, -0.05) is 30.3 Å². The molecule has 0 aliphatic carbocycles. The van der Waals surface area contributed by atoms with Crippen LogP contribution in [0.25, 0.3) is 27.5 Å². The topological polar surface area (TPSA) is 72.4 Å². The number of benzene rings is 1. The van der Waals surface area contributed by atoms with Crippen molar-refractivity contribution in [2.45, 2.75) is 20.1 Å². The molecular formula is C24H20N4O2. The molecule has 0 aliphatic rings. The molecule has 0 amide bonds. The zero-order valence-electron chi connectivity index (χ0n) is 16.5. The van der Waals surface area contributed by atoms with E-state index in [2.05, 4.69) is 9.97 Å². The summed E-state index contributed by atoms with van der Waals surface area (Å²) in [6.07, 6.45) is 9.17. The molecule has 5 aromatic rings. The van der Waals surface area contributed by atoms with Gasteiger partial charge in [-0.2, -0.15) is 0 Å². The summed E-state index contributed by atoms with van der Waals surface area (Å²) in [7, 11) is 0. The summed E-state index contributed by atoms with van der Waals surface area (Å²) < 4.78 is 3.64. The Morgan fingerprint density at radius 1 is 0.967 bits per heavy atom. The van der Waals surface area contributed by atoms with Gasteiger partial charge in [-0.15, -0.1) is 0 Å². The monoisotopic (exact) mass is 396 g/mol. The van der Waals surface area contributed by atoms with Crippen LogP contribution in [0, 0.1) is 6.92 Å². The Balaban J connectivity index is 1.55. The Labute approximate surface area is 172 Å². The van der Waals surface area contributed by atoms with Crippen LogP contribution in [-0.2, 0) is 13.2 Å². The van der Waals surface area contributed by atoms with E-state index in [4.69, 9.17) is 0 Å². The molecule has 0 atom stereocenters. The molecule has 30 heavy (non-hydrogen) atoms. The Hall–Kier alpha value is -3.77. The second kappa shape index (κ2) is 7.24. The number of hydrogen-bond donors (Lipinski definition) is 1. The molecular weight excluding hydrogens is 376 g/mol. The van der Waals surface area contributed by atoms with Crippen LogP contribution in [0.1, 0.15) is 16.8 Å². The molecule has 6 heteroatoms. The molecule has 0 saturated carbocycles. The van der Waals surface area contributed by atoms with E-state index in [1.54, 1.807) is 17.0 Å². The van der Waals surface area contributed by atoms with Crippen LogP contribution in [0.3, 0.4) is 0 Å². The van der Waals surface area contributed by atoms with Gasteiger partial charge >= 0.3 is 0 Å². The zero-order chi connectivity index (χ0) is 20.7. The van der Waals surface area contributed by atoms with E-state index < -0.39 is 0 Å². The molecule has 4 aromatic heterocycles. The van der Waals surface area contributed by atoms with E-state index in [-0.39, 0.29) is 12.2 Å². The van der Waals surface area contributed by atoms with Crippen molar-refractivity contribution in [2.24, 2.45) is 0 Å². The summed E-state index contributed by atoms with van der Waals surface area (Å²) in [5, 5.41) is 10.7. The molecule has 0 fully saturated rings. The summed E-state index contributed by atoms with van der Waals surface area (Å²) in [5.41, 5.74) is 5.44. The largest absolute Gasteiger partial charge is 0.392 e. The summed E-state index contributed by atoms with van der Waals surface area (Å²) in [4.78, 5) is 22.1. The minimum Gasteiger partial charge on any atom is -0.392 e. The van der Waals surface area contributed by atoms with E-state index in [9.17, 15) is 9.90 Å². The number of imidazole rings is 1. The zero-order valence-corrected chi connectivity index (χ0v) is 16.5. The normalized spacial score (nSPS) is 11.4. The molecule has 4 heterocycles. The van der Waals surface area contributed by atoms with Gasteiger partial charge in [0.15, 0.2) is 0 Å². The Morgan fingerprint density at radius 3 is 2.60 bits per heavy atom. The van der Waals surface area contributed by atoms with Gasteiger partial charge in [0.25, 0.3) is 5.56 Å². The van der Waals surface area contributed by atoms with Gasteiger partial charge in [-0.25, -0.2) is 4.98 Å². The third-order valence-electron chi connectivity index (χ3n) is 5.33. The van der Waals surface area contributed by atoms with Gasteiger partial charge in [0, 0.05) is 36.5 Å². The average molecular weight is 396 g/mol. The third-order valence-corrected chi connectivity index (χ3v) is 5.33. The van der Waals surface area contributed by atoms with Crippen LogP contribution >= 0.6 is 0 Å². The number of aromatic nitrogens is 4. The lowest BCUT2D eigenvalue weighted by Gasteiger charge is -2.09. The standard InChI is InChI=1S/C24H20N4O2/c1-16-2-7-23-26-19(14-28(23)12-16)13-27-9-8-20-21(10-25-11-22(20)24(27)30)18-5-3-17(15-29)4-6-18/h2-12,14,29H,13,15H2,1H3. The van der Waals surface area contributed by atoms with E-state index in [0.717, 1.165) is 39.0 Å². The number of fused-ring (bicyclic) bond motifs is 2. The Morgan fingerprint density at radius 2 is 1.80 bits per heavy atom. The average Bonchev–Trinajstić information content (AvgIpc) is 3.17. The Bertz CT molecular complexity index is 1430. The first-order valence-electron chi connectivity index (χ1n) is 9.74. The van der Waals surface area contributed by atoms with Crippen molar-refractivity contribution in [2.75, 3.05) is 0 Å². The maximum Gasteiger partial charge on any atom is 0.260 e. The predicted molar refractivity (Wildman–Crippen MR) is 116 cm³/mol. The number of pyridine rings is 3. The van der Waals surface area contributed by atoms with Gasteiger partial charge in [0.2, 0.25) is 0 Å². The van der Waals surface area contributed by atoms with E-state index in [1.165, 1.54) is 0 Å². The van der Waals surface area contributed by atoms with Crippen molar-refractivity contribution in [3.8, 4) is 11.1 Å². The van der Waals surface area contributed by atoms with Crippen molar-refractivity contribution in [1.82, 2.24) is 18.9 Å². The molecule has 1 aromatic carbocycles. The second-order valence-electron chi connectivity index (χ2n) is 7.46. The minimum atomic E-state index is -0.0953. The third kappa shape index (κ3) is 3.17. The quantitative estimate of drug-likeness (QED) is 0.504. The van der Waals surface area contributed by atoms with Crippen molar-refractivity contribution < 1.29 is 5.11 Å². The minimum absolute atomic E-state index is 0.00139. The van der Waals surface area contributed by atoms with Crippen molar-refractivity contribution in [3.63, 3.8) is 0 Å². The maximum atomic E-state index is 13.1. The molecule has 1 N–H and O–H groups in total. The molecule has 6 nitrogen and oxygen atoms in total. The van der Waals surface area contributed by atoms with E-state index in [0.29, 0.717) is 11.9 Å². The number of rotatable bonds is 4. The molecule has 0 unspecified atom stereocenters. The van der Waals surface area contributed by atoms with Gasteiger partial charge in [-0.05, 0) is 41.1 Å². The number of aryl methyl sites for hydroxylation is 1. The summed E-state index contributed by atoms with van der Waals surface area (Å²) in [6, 6.07) is 13.6. The molecule has 0 spiro atoms. The van der Waals surface area contributed by atoms with Gasteiger partial charge < -0.3 is 14.1 Å². The van der Waals surface area contributed by atoms with Gasteiger partial charge in [0.1, 0.15) is 5.65 Å². The first kappa shape index (κ1) is 18.3. The first-order chi connectivity index (χ1) is 14.6. The fraction of sp³-hybridized carbons (Fsp3) is 0.125. The number of aliphatic hydroxyl groups is 1. The van der Waals surface area contributed by atoms with Crippen molar-refractivity contribution in [1.29, 1.82) is 0 Å². The smallest absolute Gasteiger partial charge is 0.260 e. The Kier molecular flexibility index (Phi) is 4.41. The summed E-state index contributed by atoms with van der Waals surface area (Å²) in [6.45, 7) is 2.43. The van der Waals surface area contributed by atoms with Crippen LogP contribution in [-0.4, -0.2) is 24.0 Å². The van der Waals surface area contributed by atoms with Crippen molar-refractivity contribution >= 4 is 16.4 Å². The fourth-order valence-corrected chi connectivity index (χ4v) is 3.76. The highest BCUT2D eigenvalue weighted by Crippen LogP contribution is 2.26. The summed E-state index contributed by atoms with van der Waals surface area (Å²) in [5.74, 6) is 0. The highest BCUT2D eigenvalue weighted by molar-refractivity contribution is 5.95. The molecule has 0 aliphatic heterocycles. The van der Waals surface area contributed by atoms with Crippen LogP contribution < -0.4 is 5.56 Å². The number of hydrogen-bond acceptors (Lipinski definition) is 4. The van der Waals surface area contributed by atoms with Crippen molar-refractivity contribution in [3.05, 3.63) is 101 Å². The highest BCUT2D eigenvalue weighted by atomic mass is 16.3. The number of nitrogens with zero attached hydrogens (tertiary/aromatic N) is 4. The lowest BCUT2D eigenvalue weighted by atomic mass is 10.0. The van der Waals surface area contributed by atoms with Crippen LogP contribution in [0.15, 0.2) is 78.2 Å². The highest BCUT2D eigenvalue weighted by Gasteiger charge is 2.11. The molecule has 5 rings (SSSR count). The lowest BCUT2D eigenvalue weighted by molar-refractivity contribution is 0.282. The van der Waals surface area contributed by atoms with Crippen LogP contribution in [0.5, 0.6) is 0 Å². The molecule has 148 valence electrons. The second-order valence-corrected chi connectivity index (χ2v) is 7.46. The van der Waals surface area contributed by atoms with E-state index >= 15 is 0 Å². The summed E-state index contributed by atoms with van der Waals surface area (Å²) >= 11 is 0. The predicted octanol–water partition coefficient (Wildman–Crippen LogP) is 3.56. The maximum absolute atomic E-state index is 13.1. The molecule has 0 saturated heterocycles.